The SMILES string of the molecule is CCCCCCc1cc2c(-c3ccc(CCC)cc3)cccc2[cH-]1.CCCCCCc1cc2c(-c3ccc(CCC)cc3)cccc2[cH-]1.C[Si]C.[Cl][Zr+2][Cl]. The van der Waals surface area contributed by atoms with Gasteiger partial charge in [0.25, 0.3) is 0 Å². The van der Waals surface area contributed by atoms with E-state index < -0.39 is 20.8 Å². The number of benzene rings is 4. The summed E-state index contributed by atoms with van der Waals surface area (Å²) in [5, 5.41) is 5.59. The molecule has 0 bridgehead atoms. The van der Waals surface area contributed by atoms with Crippen molar-refractivity contribution < 1.29 is 20.8 Å². The van der Waals surface area contributed by atoms with E-state index in [2.05, 4.69) is 150 Å². The summed E-state index contributed by atoms with van der Waals surface area (Å²) in [6, 6.07) is 41.3. The van der Waals surface area contributed by atoms with Crippen LogP contribution in [0.15, 0.2) is 109 Å². The average molecular weight is 855 g/mol. The Morgan fingerprint density at radius 1 is 0.481 bits per heavy atom. The van der Waals surface area contributed by atoms with Crippen molar-refractivity contribution in [1.29, 1.82) is 0 Å². The fourth-order valence-electron chi connectivity index (χ4n) is 7.18. The molecule has 6 rings (SSSR count). The van der Waals surface area contributed by atoms with E-state index in [4.69, 9.17) is 17.0 Å². The fourth-order valence-corrected chi connectivity index (χ4v) is 7.18. The first kappa shape index (κ1) is 46.2. The number of halogens is 2. The molecule has 0 aromatic heterocycles. The zero-order valence-corrected chi connectivity index (χ0v) is 39.0. The first-order valence-corrected chi connectivity index (χ1v) is 28.9. The van der Waals surface area contributed by atoms with Gasteiger partial charge in [-0.2, -0.15) is 12.1 Å². The molecular weight excluding hydrogens is 791 g/mol. The van der Waals surface area contributed by atoms with E-state index in [1.165, 1.54) is 156 Å². The monoisotopic (exact) mass is 852 g/mol. The Bertz CT molecular complexity index is 1710. The molecule has 0 aliphatic heterocycles. The van der Waals surface area contributed by atoms with E-state index in [0.29, 0.717) is 0 Å². The summed E-state index contributed by atoms with van der Waals surface area (Å²) in [5.41, 5.74) is 11.3. The Labute approximate surface area is 350 Å². The van der Waals surface area contributed by atoms with Gasteiger partial charge < -0.3 is 0 Å². The van der Waals surface area contributed by atoms with Crippen LogP contribution in [0.4, 0.5) is 0 Å². The molecule has 54 heavy (non-hydrogen) atoms. The maximum atomic E-state index is 4.93. The van der Waals surface area contributed by atoms with Crippen LogP contribution in [0.1, 0.15) is 114 Å². The van der Waals surface area contributed by atoms with Crippen LogP contribution in [0.5, 0.6) is 0 Å². The molecule has 0 fully saturated rings. The summed E-state index contributed by atoms with van der Waals surface area (Å²) in [7, 11) is 11.0. The summed E-state index contributed by atoms with van der Waals surface area (Å²) < 4.78 is 0. The molecule has 0 aliphatic carbocycles. The number of hydrogen-bond acceptors (Lipinski definition) is 0. The summed E-state index contributed by atoms with van der Waals surface area (Å²) in [6.45, 7) is 13.3. The summed E-state index contributed by atoms with van der Waals surface area (Å²) in [5.74, 6) is 0. The second kappa shape index (κ2) is 27.4. The van der Waals surface area contributed by atoms with Gasteiger partial charge in [0.15, 0.2) is 0 Å². The van der Waals surface area contributed by atoms with Crippen molar-refractivity contribution in [1.82, 2.24) is 0 Å². The number of hydrogen-bond donors (Lipinski definition) is 0. The van der Waals surface area contributed by atoms with Crippen molar-refractivity contribution in [2.75, 3.05) is 0 Å². The molecule has 0 amide bonds. The van der Waals surface area contributed by atoms with Gasteiger partial charge in [-0.1, -0.05) is 177 Å². The van der Waals surface area contributed by atoms with E-state index >= 15 is 0 Å². The van der Waals surface area contributed by atoms with E-state index in [-0.39, 0.29) is 0 Å². The third-order valence-corrected chi connectivity index (χ3v) is 9.87. The van der Waals surface area contributed by atoms with Crippen LogP contribution in [0.2, 0.25) is 13.1 Å². The van der Waals surface area contributed by atoms with Crippen molar-refractivity contribution in [3.63, 3.8) is 0 Å². The van der Waals surface area contributed by atoms with Gasteiger partial charge in [-0.15, -0.1) is 69.1 Å². The standard InChI is InChI=1S/2C24H29.C2H6Si.2ClH.Zr/c2*1-3-5-6-7-10-20-17-22-11-8-12-23(24(22)18-20)21-15-13-19(9-4-2)14-16-21;1-3-2;;;/h2*8,11-18H,3-7,9-10H2,1-2H3;1-2H3;2*1H;/q2*-1;;;;+4/p-2. The van der Waals surface area contributed by atoms with Crippen molar-refractivity contribution >= 4 is 48.1 Å². The minimum atomic E-state index is -0.826. The van der Waals surface area contributed by atoms with Crippen molar-refractivity contribution in [3.05, 3.63) is 131 Å². The minimum absolute atomic E-state index is 0.826. The topological polar surface area (TPSA) is 0 Å². The van der Waals surface area contributed by atoms with Gasteiger partial charge >= 0.3 is 37.9 Å². The summed E-state index contributed by atoms with van der Waals surface area (Å²) >= 11 is -0.826. The zero-order valence-electron chi connectivity index (χ0n) is 34.0. The molecule has 6 aromatic carbocycles. The van der Waals surface area contributed by atoms with Crippen LogP contribution in [-0.4, -0.2) is 9.52 Å². The Morgan fingerprint density at radius 3 is 1.19 bits per heavy atom. The third-order valence-electron chi connectivity index (χ3n) is 9.87. The zero-order chi connectivity index (χ0) is 39.0. The third kappa shape index (κ3) is 15.4. The molecule has 0 aliphatic rings. The van der Waals surface area contributed by atoms with E-state index in [0.717, 1.165) is 9.52 Å². The first-order valence-electron chi connectivity index (χ1n) is 20.6. The number of rotatable bonds is 16. The Morgan fingerprint density at radius 2 is 0.852 bits per heavy atom. The van der Waals surface area contributed by atoms with Gasteiger partial charge in [-0.25, -0.2) is 0 Å². The normalized spacial score (nSPS) is 10.5. The van der Waals surface area contributed by atoms with Crippen molar-refractivity contribution in [2.24, 2.45) is 0 Å². The second-order valence-corrected chi connectivity index (χ2v) is 19.2. The molecular formula is C50H64Cl2SiZr. The Kier molecular flexibility index (Phi) is 23.4. The van der Waals surface area contributed by atoms with Crippen LogP contribution >= 0.6 is 17.0 Å². The molecule has 0 heterocycles. The average Bonchev–Trinajstić information content (AvgIpc) is 3.81. The molecule has 0 saturated carbocycles. The molecule has 6 aromatic rings. The van der Waals surface area contributed by atoms with Gasteiger partial charge in [0.1, 0.15) is 0 Å². The Hall–Kier alpha value is -2.22. The predicted molar refractivity (Wildman–Crippen MR) is 243 cm³/mol. The maximum absolute atomic E-state index is 4.93. The van der Waals surface area contributed by atoms with Crippen LogP contribution in [0.3, 0.4) is 0 Å². The molecule has 0 saturated heterocycles. The fraction of sp³-hybridized carbons (Fsp3) is 0.400. The molecule has 0 nitrogen and oxygen atoms in total. The second-order valence-electron chi connectivity index (χ2n) is 14.4. The van der Waals surface area contributed by atoms with Crippen LogP contribution < -0.4 is 0 Å². The van der Waals surface area contributed by atoms with Gasteiger partial charge in [0, 0.05) is 9.52 Å². The molecule has 0 N–H and O–H groups in total. The van der Waals surface area contributed by atoms with Crippen LogP contribution in [0, 0.1) is 0 Å². The molecule has 0 atom stereocenters. The number of aryl methyl sites for hydroxylation is 4. The van der Waals surface area contributed by atoms with Gasteiger partial charge in [-0.05, 0) is 47.9 Å². The first-order chi connectivity index (χ1) is 26.5. The number of unbranched alkanes of at least 4 members (excludes halogenated alkanes) is 6. The predicted octanol–water partition coefficient (Wildman–Crippen LogP) is 16.8. The van der Waals surface area contributed by atoms with Crippen molar-refractivity contribution in [3.8, 4) is 22.3 Å². The van der Waals surface area contributed by atoms with Crippen molar-refractivity contribution in [2.45, 2.75) is 131 Å². The number of fused-ring (bicyclic) bond motifs is 2. The quantitative estimate of drug-likeness (QED) is 0.0517. The van der Waals surface area contributed by atoms with Crippen LogP contribution in [-0.2, 0) is 46.5 Å². The van der Waals surface area contributed by atoms with Gasteiger partial charge in [-0.3, -0.25) is 0 Å². The molecule has 2 radical (unpaired) electrons. The summed E-state index contributed by atoms with van der Waals surface area (Å²) in [6.07, 6.45) is 17.8. The van der Waals surface area contributed by atoms with E-state index in [9.17, 15) is 0 Å². The summed E-state index contributed by atoms with van der Waals surface area (Å²) in [4.78, 5) is 0. The molecule has 0 spiro atoms. The molecule has 286 valence electrons. The van der Waals surface area contributed by atoms with Gasteiger partial charge in [0.05, 0.1) is 0 Å². The molecule has 0 unspecified atom stereocenters. The van der Waals surface area contributed by atoms with Gasteiger partial charge in [0.2, 0.25) is 0 Å². The van der Waals surface area contributed by atoms with E-state index in [1.807, 2.05) is 0 Å². The van der Waals surface area contributed by atoms with E-state index in [1.54, 1.807) is 0 Å². The Balaban J connectivity index is 0.000000254. The van der Waals surface area contributed by atoms with Crippen LogP contribution in [0.25, 0.3) is 43.8 Å². The molecule has 4 heteroatoms.